The number of nitrogens with zero attached hydrogens (tertiary/aromatic N) is 1. The molecular weight excluding hydrogens is 180 g/mol. The minimum atomic E-state index is 0.681. The van der Waals surface area contributed by atoms with Crippen molar-refractivity contribution in [1.29, 1.82) is 0 Å². The predicted molar refractivity (Wildman–Crippen MR) is 55.2 cm³/mol. The molecule has 0 aromatic heterocycles. The first kappa shape index (κ1) is 10.8. The van der Waals surface area contributed by atoms with Crippen molar-refractivity contribution in [1.82, 2.24) is 5.01 Å². The first-order valence-electron chi connectivity index (χ1n) is 4.34. The molecular formula is C10H16N2O2. The Morgan fingerprint density at radius 3 is 2.36 bits per heavy atom. The monoisotopic (exact) mass is 196 g/mol. The number of nitrogens with two attached hydrogens (primary N) is 1. The van der Waals surface area contributed by atoms with Gasteiger partial charge in [0.25, 0.3) is 0 Å². The molecule has 0 amide bonds. The van der Waals surface area contributed by atoms with E-state index in [2.05, 4.69) is 0 Å². The topological polar surface area (TPSA) is 47.7 Å². The van der Waals surface area contributed by atoms with E-state index in [4.69, 9.17) is 15.3 Å². The van der Waals surface area contributed by atoms with Gasteiger partial charge < -0.3 is 9.47 Å². The van der Waals surface area contributed by atoms with E-state index in [9.17, 15) is 0 Å². The van der Waals surface area contributed by atoms with Crippen LogP contribution in [0.4, 0.5) is 0 Å². The SMILES string of the molecule is COc1ccc(CN(C)N)cc1OC. The Balaban J connectivity index is 2.89. The molecule has 14 heavy (non-hydrogen) atoms. The number of hydrogen-bond donors (Lipinski definition) is 1. The molecule has 2 N–H and O–H groups in total. The molecule has 1 rings (SSSR count). The lowest BCUT2D eigenvalue weighted by Gasteiger charge is -2.12. The van der Waals surface area contributed by atoms with Gasteiger partial charge in [-0.3, -0.25) is 5.84 Å². The molecule has 0 fully saturated rings. The summed E-state index contributed by atoms with van der Waals surface area (Å²) >= 11 is 0. The fraction of sp³-hybridized carbons (Fsp3) is 0.400. The fourth-order valence-electron chi connectivity index (χ4n) is 1.27. The van der Waals surface area contributed by atoms with Gasteiger partial charge in [-0.2, -0.15) is 0 Å². The summed E-state index contributed by atoms with van der Waals surface area (Å²) in [4.78, 5) is 0. The van der Waals surface area contributed by atoms with Gasteiger partial charge in [-0.05, 0) is 17.7 Å². The van der Waals surface area contributed by atoms with Crippen LogP contribution in [0.25, 0.3) is 0 Å². The molecule has 0 bridgehead atoms. The van der Waals surface area contributed by atoms with Gasteiger partial charge in [-0.25, -0.2) is 5.01 Å². The van der Waals surface area contributed by atoms with Crippen molar-refractivity contribution in [2.45, 2.75) is 6.54 Å². The Morgan fingerprint density at radius 1 is 1.21 bits per heavy atom. The van der Waals surface area contributed by atoms with E-state index in [1.165, 1.54) is 0 Å². The molecule has 0 heterocycles. The summed E-state index contributed by atoms with van der Waals surface area (Å²) in [6.07, 6.45) is 0. The van der Waals surface area contributed by atoms with Crippen molar-refractivity contribution < 1.29 is 9.47 Å². The minimum absolute atomic E-state index is 0.681. The zero-order chi connectivity index (χ0) is 10.6. The van der Waals surface area contributed by atoms with Gasteiger partial charge in [0.2, 0.25) is 0 Å². The summed E-state index contributed by atoms with van der Waals surface area (Å²) in [5, 5.41) is 1.61. The van der Waals surface area contributed by atoms with Gasteiger partial charge in [-0.15, -0.1) is 0 Å². The molecule has 4 heteroatoms. The molecule has 4 nitrogen and oxygen atoms in total. The summed E-state index contributed by atoms with van der Waals surface area (Å²) in [5.41, 5.74) is 1.09. The molecule has 0 aliphatic carbocycles. The Hall–Kier alpha value is -1.26. The second kappa shape index (κ2) is 4.83. The maximum Gasteiger partial charge on any atom is 0.161 e. The smallest absolute Gasteiger partial charge is 0.161 e. The van der Waals surface area contributed by atoms with E-state index in [1.54, 1.807) is 19.2 Å². The maximum absolute atomic E-state index is 5.55. The number of ether oxygens (including phenoxy) is 2. The largest absolute Gasteiger partial charge is 0.493 e. The Morgan fingerprint density at radius 2 is 1.86 bits per heavy atom. The number of hydrogen-bond acceptors (Lipinski definition) is 4. The van der Waals surface area contributed by atoms with E-state index in [1.807, 2.05) is 25.2 Å². The molecule has 0 unspecified atom stereocenters. The van der Waals surface area contributed by atoms with Crippen molar-refractivity contribution in [3.8, 4) is 11.5 Å². The van der Waals surface area contributed by atoms with Gasteiger partial charge in [0.05, 0.1) is 14.2 Å². The standard InChI is InChI=1S/C10H16N2O2/c1-12(11)7-8-4-5-9(13-2)10(6-8)14-3/h4-6H,7,11H2,1-3H3. The first-order chi connectivity index (χ1) is 6.67. The third-order valence-electron chi connectivity index (χ3n) is 1.88. The van der Waals surface area contributed by atoms with Crippen molar-refractivity contribution in [3.05, 3.63) is 23.8 Å². The highest BCUT2D eigenvalue weighted by molar-refractivity contribution is 5.42. The quantitative estimate of drug-likeness (QED) is 0.576. The summed E-state index contributed by atoms with van der Waals surface area (Å²) in [6.45, 7) is 0.681. The predicted octanol–water partition coefficient (Wildman–Crippen LogP) is 1.01. The van der Waals surface area contributed by atoms with Crippen LogP contribution in [0.1, 0.15) is 5.56 Å². The Labute approximate surface area is 84.2 Å². The average molecular weight is 196 g/mol. The van der Waals surface area contributed by atoms with Crippen molar-refractivity contribution in [3.63, 3.8) is 0 Å². The first-order valence-corrected chi connectivity index (χ1v) is 4.34. The highest BCUT2D eigenvalue weighted by Crippen LogP contribution is 2.27. The second-order valence-corrected chi connectivity index (χ2v) is 3.10. The van der Waals surface area contributed by atoms with Crippen LogP contribution in [0.3, 0.4) is 0 Å². The molecule has 0 atom stereocenters. The maximum atomic E-state index is 5.55. The van der Waals surface area contributed by atoms with E-state index in [-0.39, 0.29) is 0 Å². The van der Waals surface area contributed by atoms with Crippen molar-refractivity contribution >= 4 is 0 Å². The van der Waals surface area contributed by atoms with Gasteiger partial charge in [0.15, 0.2) is 11.5 Å². The molecule has 0 radical (unpaired) electrons. The van der Waals surface area contributed by atoms with Gasteiger partial charge in [0, 0.05) is 13.6 Å². The molecule has 0 spiro atoms. The van der Waals surface area contributed by atoms with Crippen LogP contribution < -0.4 is 15.3 Å². The van der Waals surface area contributed by atoms with E-state index in [0.717, 1.165) is 17.1 Å². The molecule has 0 saturated heterocycles. The fourth-order valence-corrected chi connectivity index (χ4v) is 1.27. The van der Waals surface area contributed by atoms with Crippen LogP contribution in [0.2, 0.25) is 0 Å². The van der Waals surface area contributed by atoms with E-state index >= 15 is 0 Å². The van der Waals surface area contributed by atoms with Crippen LogP contribution >= 0.6 is 0 Å². The van der Waals surface area contributed by atoms with Gasteiger partial charge in [-0.1, -0.05) is 6.07 Å². The highest BCUT2D eigenvalue weighted by atomic mass is 16.5. The lowest BCUT2D eigenvalue weighted by Crippen LogP contribution is -2.24. The summed E-state index contributed by atoms with van der Waals surface area (Å²) in [5.74, 6) is 7.01. The molecule has 1 aromatic rings. The highest BCUT2D eigenvalue weighted by Gasteiger charge is 2.04. The minimum Gasteiger partial charge on any atom is -0.493 e. The summed E-state index contributed by atoms with van der Waals surface area (Å²) in [7, 11) is 5.05. The van der Waals surface area contributed by atoms with Crippen molar-refractivity contribution in [2.75, 3.05) is 21.3 Å². The molecule has 0 aliphatic rings. The molecule has 0 aliphatic heterocycles. The van der Waals surface area contributed by atoms with Gasteiger partial charge in [0.1, 0.15) is 0 Å². The molecule has 1 aromatic carbocycles. The van der Waals surface area contributed by atoms with Gasteiger partial charge >= 0.3 is 0 Å². The Kier molecular flexibility index (Phi) is 3.73. The number of hydrazine groups is 1. The zero-order valence-corrected chi connectivity index (χ0v) is 8.78. The van der Waals surface area contributed by atoms with Crippen LogP contribution in [-0.4, -0.2) is 26.3 Å². The van der Waals surface area contributed by atoms with Crippen LogP contribution in [0.5, 0.6) is 11.5 Å². The van der Waals surface area contributed by atoms with Crippen LogP contribution in [0.15, 0.2) is 18.2 Å². The number of benzene rings is 1. The van der Waals surface area contributed by atoms with Crippen molar-refractivity contribution in [2.24, 2.45) is 5.84 Å². The third kappa shape index (κ3) is 2.61. The summed E-state index contributed by atoms with van der Waals surface area (Å²) in [6, 6.07) is 5.75. The number of rotatable bonds is 4. The third-order valence-corrected chi connectivity index (χ3v) is 1.88. The molecule has 0 saturated carbocycles. The lowest BCUT2D eigenvalue weighted by molar-refractivity contribution is 0.335. The zero-order valence-electron chi connectivity index (χ0n) is 8.78. The van der Waals surface area contributed by atoms with Crippen LogP contribution in [0, 0.1) is 0 Å². The van der Waals surface area contributed by atoms with Crippen LogP contribution in [-0.2, 0) is 6.54 Å². The van der Waals surface area contributed by atoms with E-state index < -0.39 is 0 Å². The lowest BCUT2D eigenvalue weighted by atomic mass is 10.2. The second-order valence-electron chi connectivity index (χ2n) is 3.10. The average Bonchev–Trinajstić information content (AvgIpc) is 2.16. The normalized spacial score (nSPS) is 10.4. The summed E-state index contributed by atoms with van der Waals surface area (Å²) < 4.78 is 10.3. The molecule has 78 valence electrons. The Bertz CT molecular complexity index is 300. The van der Waals surface area contributed by atoms with E-state index in [0.29, 0.717) is 6.54 Å². The number of methoxy groups -OCH3 is 2.